The van der Waals surface area contributed by atoms with E-state index in [1.165, 1.54) is 16.8 Å². The monoisotopic (exact) mass is 359 g/mol. The molecule has 3 rings (SSSR count). The van der Waals surface area contributed by atoms with Gasteiger partial charge in [-0.2, -0.15) is 13.9 Å². The molecule has 0 spiro atoms. The Morgan fingerprint density at radius 2 is 1.96 bits per heavy atom. The van der Waals surface area contributed by atoms with Crippen LogP contribution in [0.25, 0.3) is 11.0 Å². The Kier molecular flexibility index (Phi) is 5.16. The summed E-state index contributed by atoms with van der Waals surface area (Å²) in [6.45, 7) is -1.21. The van der Waals surface area contributed by atoms with E-state index >= 15 is 0 Å². The Bertz CT molecular complexity index is 938. The fourth-order valence-electron chi connectivity index (χ4n) is 2.29. The highest BCUT2D eigenvalue weighted by atomic mass is 19.3. The number of halogens is 2. The predicted molar refractivity (Wildman–Crippen MR) is 91.0 cm³/mol. The number of benzene rings is 2. The molecule has 9 heteroatoms. The maximum absolute atomic E-state index is 12.1. The van der Waals surface area contributed by atoms with E-state index < -0.39 is 6.61 Å². The first-order valence-corrected chi connectivity index (χ1v) is 7.69. The summed E-state index contributed by atoms with van der Waals surface area (Å²) in [5.41, 5.74) is 5.07. The number of fused-ring (bicyclic) bond motifs is 1. The van der Waals surface area contributed by atoms with Crippen molar-refractivity contribution in [1.29, 1.82) is 0 Å². The number of amides is 1. The number of nitrogens with one attached hydrogen (secondary N) is 1. The van der Waals surface area contributed by atoms with Gasteiger partial charge in [0.1, 0.15) is 17.8 Å². The average molecular weight is 359 g/mol. The summed E-state index contributed by atoms with van der Waals surface area (Å²) in [4.78, 5) is 12.1. The van der Waals surface area contributed by atoms with Crippen LogP contribution in [0.5, 0.6) is 5.75 Å². The smallest absolute Gasteiger partial charge is 0.387 e. The molecule has 1 heterocycles. The third-order valence-corrected chi connectivity index (χ3v) is 3.56. The van der Waals surface area contributed by atoms with E-state index in [1.54, 1.807) is 25.1 Å². The number of aromatic nitrogens is 3. The first-order valence-electron chi connectivity index (χ1n) is 7.69. The minimum atomic E-state index is -2.87. The SMILES string of the molecule is C/C(=N/NC(=O)Cn1nnc2ccccc21)c1ccc(OC(F)F)cc1. The largest absolute Gasteiger partial charge is 0.435 e. The van der Waals surface area contributed by atoms with Gasteiger partial charge < -0.3 is 4.74 Å². The molecule has 0 saturated heterocycles. The third kappa shape index (κ3) is 4.18. The molecule has 1 amide bonds. The lowest BCUT2D eigenvalue weighted by Gasteiger charge is -2.06. The van der Waals surface area contributed by atoms with E-state index in [0.29, 0.717) is 16.8 Å². The first kappa shape index (κ1) is 17.5. The van der Waals surface area contributed by atoms with Crippen LogP contribution >= 0.6 is 0 Å². The van der Waals surface area contributed by atoms with E-state index in [-0.39, 0.29) is 18.2 Å². The van der Waals surface area contributed by atoms with Crippen LogP contribution in [0.1, 0.15) is 12.5 Å². The van der Waals surface area contributed by atoms with Gasteiger partial charge in [-0.15, -0.1) is 5.10 Å². The van der Waals surface area contributed by atoms with Crippen LogP contribution in [0.4, 0.5) is 8.78 Å². The second-order valence-corrected chi connectivity index (χ2v) is 5.37. The molecule has 2 aromatic carbocycles. The van der Waals surface area contributed by atoms with Crippen molar-refractivity contribution < 1.29 is 18.3 Å². The molecule has 0 radical (unpaired) electrons. The summed E-state index contributed by atoms with van der Waals surface area (Å²) >= 11 is 0. The minimum Gasteiger partial charge on any atom is -0.435 e. The number of alkyl halides is 2. The maximum Gasteiger partial charge on any atom is 0.387 e. The molecule has 0 fully saturated rings. The molecule has 0 aliphatic rings. The first-order chi connectivity index (χ1) is 12.5. The number of hydrazone groups is 1. The van der Waals surface area contributed by atoms with Crippen molar-refractivity contribution >= 4 is 22.7 Å². The lowest BCUT2D eigenvalue weighted by atomic mass is 10.1. The van der Waals surface area contributed by atoms with Gasteiger partial charge in [0.25, 0.3) is 5.91 Å². The fourth-order valence-corrected chi connectivity index (χ4v) is 2.29. The van der Waals surface area contributed by atoms with Crippen LogP contribution in [0.3, 0.4) is 0 Å². The number of ether oxygens (including phenoxy) is 1. The van der Waals surface area contributed by atoms with E-state index in [2.05, 4.69) is 25.6 Å². The highest BCUT2D eigenvalue weighted by Gasteiger charge is 2.08. The van der Waals surface area contributed by atoms with Crippen molar-refractivity contribution in [3.05, 3.63) is 54.1 Å². The summed E-state index contributed by atoms with van der Waals surface area (Å²) in [5.74, 6) is -0.309. The Hall–Kier alpha value is -3.36. The van der Waals surface area contributed by atoms with Crippen molar-refractivity contribution in [2.24, 2.45) is 5.10 Å². The van der Waals surface area contributed by atoms with Gasteiger partial charge in [-0.05, 0) is 48.9 Å². The molecule has 0 unspecified atom stereocenters. The minimum absolute atomic E-state index is 0.0293. The maximum atomic E-state index is 12.1. The Balaban J connectivity index is 1.62. The number of carbonyl (C=O) groups is 1. The number of nitrogens with zero attached hydrogens (tertiary/aromatic N) is 4. The number of hydrogen-bond acceptors (Lipinski definition) is 5. The van der Waals surface area contributed by atoms with Gasteiger partial charge in [0.05, 0.1) is 11.2 Å². The van der Waals surface area contributed by atoms with Crippen molar-refractivity contribution in [1.82, 2.24) is 20.4 Å². The quantitative estimate of drug-likeness (QED) is 0.542. The van der Waals surface area contributed by atoms with Crippen LogP contribution in [0, 0.1) is 0 Å². The molecule has 1 aromatic heterocycles. The molecule has 0 saturated carbocycles. The molecule has 7 nitrogen and oxygen atoms in total. The Labute approximate surface area is 147 Å². The van der Waals surface area contributed by atoms with E-state index in [1.807, 2.05) is 18.2 Å². The van der Waals surface area contributed by atoms with Crippen LogP contribution < -0.4 is 10.2 Å². The third-order valence-electron chi connectivity index (χ3n) is 3.56. The highest BCUT2D eigenvalue weighted by molar-refractivity contribution is 5.99. The van der Waals surface area contributed by atoms with Crippen LogP contribution in [0.15, 0.2) is 53.6 Å². The summed E-state index contributed by atoms with van der Waals surface area (Å²) < 4.78 is 30.0. The summed E-state index contributed by atoms with van der Waals surface area (Å²) in [6, 6.07) is 13.3. The fraction of sp³-hybridized carbons (Fsp3) is 0.176. The van der Waals surface area contributed by atoms with Gasteiger partial charge in [-0.3, -0.25) is 4.79 Å². The van der Waals surface area contributed by atoms with Crippen molar-refractivity contribution in [3.8, 4) is 5.75 Å². The number of para-hydroxylation sites is 1. The molecule has 0 aliphatic carbocycles. The number of hydrogen-bond donors (Lipinski definition) is 1. The van der Waals surface area contributed by atoms with E-state index in [4.69, 9.17) is 0 Å². The molecule has 0 aliphatic heterocycles. The van der Waals surface area contributed by atoms with Gasteiger partial charge >= 0.3 is 6.61 Å². The van der Waals surface area contributed by atoms with Gasteiger partial charge in [0.15, 0.2) is 0 Å². The second-order valence-electron chi connectivity index (χ2n) is 5.37. The van der Waals surface area contributed by atoms with Crippen molar-refractivity contribution in [2.75, 3.05) is 0 Å². The van der Waals surface area contributed by atoms with Gasteiger partial charge in [-0.25, -0.2) is 10.1 Å². The molecule has 134 valence electrons. The highest BCUT2D eigenvalue weighted by Crippen LogP contribution is 2.15. The molecule has 0 bridgehead atoms. The summed E-state index contributed by atoms with van der Waals surface area (Å²) in [7, 11) is 0. The van der Waals surface area contributed by atoms with Crippen LogP contribution in [-0.2, 0) is 11.3 Å². The van der Waals surface area contributed by atoms with Crippen molar-refractivity contribution in [2.45, 2.75) is 20.1 Å². The average Bonchev–Trinajstić information content (AvgIpc) is 3.03. The molecular weight excluding hydrogens is 344 g/mol. The zero-order valence-electron chi connectivity index (χ0n) is 13.8. The summed E-state index contributed by atoms with van der Waals surface area (Å²) in [5, 5.41) is 11.9. The normalized spacial score (nSPS) is 11.8. The van der Waals surface area contributed by atoms with E-state index in [9.17, 15) is 13.6 Å². The van der Waals surface area contributed by atoms with Crippen LogP contribution in [-0.4, -0.2) is 33.2 Å². The number of carbonyl (C=O) groups excluding carboxylic acids is 1. The van der Waals surface area contributed by atoms with Crippen molar-refractivity contribution in [3.63, 3.8) is 0 Å². The standard InChI is InChI=1S/C17H15F2N5O2/c1-11(12-6-8-13(9-7-12)26-17(18)19)20-22-16(25)10-24-15-5-3-2-4-14(15)21-23-24/h2-9,17H,10H2,1H3,(H,22,25)/b20-11-. The Morgan fingerprint density at radius 1 is 1.23 bits per heavy atom. The topological polar surface area (TPSA) is 81.4 Å². The number of rotatable bonds is 6. The predicted octanol–water partition coefficient (Wildman–Crippen LogP) is 2.57. The summed E-state index contributed by atoms with van der Waals surface area (Å²) in [6.07, 6.45) is 0. The zero-order valence-corrected chi connectivity index (χ0v) is 13.8. The van der Waals surface area contributed by atoms with Gasteiger partial charge in [0, 0.05) is 0 Å². The molecule has 0 atom stereocenters. The molecule has 26 heavy (non-hydrogen) atoms. The molecular formula is C17H15F2N5O2. The van der Waals surface area contributed by atoms with Gasteiger partial charge in [0.2, 0.25) is 0 Å². The Morgan fingerprint density at radius 3 is 2.69 bits per heavy atom. The van der Waals surface area contributed by atoms with E-state index in [0.717, 1.165) is 5.52 Å². The zero-order chi connectivity index (χ0) is 18.5. The lowest BCUT2D eigenvalue weighted by Crippen LogP contribution is -2.24. The van der Waals surface area contributed by atoms with Gasteiger partial charge in [-0.1, -0.05) is 17.3 Å². The van der Waals surface area contributed by atoms with Crippen LogP contribution in [0.2, 0.25) is 0 Å². The molecule has 1 N–H and O–H groups in total. The molecule has 3 aromatic rings. The lowest BCUT2D eigenvalue weighted by molar-refractivity contribution is -0.121. The second kappa shape index (κ2) is 7.68.